The van der Waals surface area contributed by atoms with E-state index < -0.39 is 0 Å². The van der Waals surface area contributed by atoms with Crippen molar-refractivity contribution in [2.75, 3.05) is 12.3 Å². The minimum Gasteiger partial charge on any atom is -0.383 e. The molecule has 2 unspecified atom stereocenters. The van der Waals surface area contributed by atoms with Crippen LogP contribution in [0.1, 0.15) is 30.2 Å². The molecule has 0 aromatic carbocycles. The highest BCUT2D eigenvalue weighted by molar-refractivity contribution is 7.19. The number of nitrogen functional groups attached to an aromatic ring is 1. The molecule has 2 N–H and O–H groups in total. The van der Waals surface area contributed by atoms with E-state index in [4.69, 9.17) is 10.5 Å². The third kappa shape index (κ3) is 2.16. The second-order valence-electron chi connectivity index (χ2n) is 5.97. The number of hydrogen-bond acceptors (Lipinski definition) is 6. The highest BCUT2D eigenvalue weighted by atomic mass is 32.1. The zero-order valence-electron chi connectivity index (χ0n) is 12.4. The predicted molar refractivity (Wildman–Crippen MR) is 84.5 cm³/mol. The molecule has 2 aromatic heterocycles. The van der Waals surface area contributed by atoms with E-state index >= 15 is 0 Å². The molecule has 4 rings (SSSR count). The third-order valence-corrected chi connectivity index (χ3v) is 5.61. The van der Waals surface area contributed by atoms with Crippen molar-refractivity contribution in [3.8, 4) is 0 Å². The monoisotopic (exact) mass is 318 g/mol. The highest BCUT2D eigenvalue weighted by Crippen LogP contribution is 2.36. The first kappa shape index (κ1) is 13.9. The van der Waals surface area contributed by atoms with Crippen LogP contribution in [0.4, 0.5) is 5.82 Å². The molecular formula is C15H18N4O2S. The summed E-state index contributed by atoms with van der Waals surface area (Å²) in [5.74, 6) is 0.654. The molecule has 0 spiro atoms. The SMILES string of the molecule is CC1CCC(C(=O)N2CCc3c(sc4ncnc(N)c34)C2)O1. The molecule has 1 saturated heterocycles. The van der Waals surface area contributed by atoms with Crippen LogP contribution in [0.5, 0.6) is 0 Å². The summed E-state index contributed by atoms with van der Waals surface area (Å²) in [4.78, 5) is 25.0. The lowest BCUT2D eigenvalue weighted by atomic mass is 10.0. The van der Waals surface area contributed by atoms with Gasteiger partial charge in [0.1, 0.15) is 23.1 Å². The molecule has 0 bridgehead atoms. The van der Waals surface area contributed by atoms with Gasteiger partial charge in [-0.2, -0.15) is 0 Å². The molecule has 1 amide bonds. The highest BCUT2D eigenvalue weighted by Gasteiger charge is 2.34. The molecule has 22 heavy (non-hydrogen) atoms. The summed E-state index contributed by atoms with van der Waals surface area (Å²) in [6.07, 6.45) is 4.01. The molecule has 2 atom stereocenters. The van der Waals surface area contributed by atoms with Crippen LogP contribution in [0.2, 0.25) is 0 Å². The predicted octanol–water partition coefficient (Wildman–Crippen LogP) is 1.73. The van der Waals surface area contributed by atoms with Gasteiger partial charge in [-0.25, -0.2) is 9.97 Å². The van der Waals surface area contributed by atoms with Gasteiger partial charge in [-0.05, 0) is 31.7 Å². The Hall–Kier alpha value is -1.73. The van der Waals surface area contributed by atoms with Gasteiger partial charge in [0.15, 0.2) is 0 Å². The number of carbonyl (C=O) groups excluding carboxylic acids is 1. The normalized spacial score (nSPS) is 24.7. The maximum Gasteiger partial charge on any atom is 0.252 e. The molecule has 2 aliphatic rings. The Morgan fingerprint density at radius 2 is 2.32 bits per heavy atom. The first-order valence-corrected chi connectivity index (χ1v) is 8.40. The van der Waals surface area contributed by atoms with Crippen molar-refractivity contribution < 1.29 is 9.53 Å². The number of rotatable bonds is 1. The van der Waals surface area contributed by atoms with E-state index in [9.17, 15) is 4.79 Å². The zero-order valence-corrected chi connectivity index (χ0v) is 13.2. The Labute approximate surface area is 132 Å². The van der Waals surface area contributed by atoms with Gasteiger partial charge in [0.25, 0.3) is 5.91 Å². The van der Waals surface area contributed by atoms with E-state index in [0.29, 0.717) is 18.9 Å². The molecular weight excluding hydrogens is 300 g/mol. The second-order valence-corrected chi connectivity index (χ2v) is 7.05. The van der Waals surface area contributed by atoms with Crippen LogP contribution >= 0.6 is 11.3 Å². The number of aromatic nitrogens is 2. The quantitative estimate of drug-likeness (QED) is 0.866. The van der Waals surface area contributed by atoms with E-state index in [1.807, 2.05) is 11.8 Å². The van der Waals surface area contributed by atoms with E-state index in [1.54, 1.807) is 11.3 Å². The van der Waals surface area contributed by atoms with Gasteiger partial charge in [0.2, 0.25) is 0 Å². The number of nitrogens with two attached hydrogens (primary N) is 1. The van der Waals surface area contributed by atoms with E-state index in [-0.39, 0.29) is 18.1 Å². The smallest absolute Gasteiger partial charge is 0.252 e. The number of hydrogen-bond donors (Lipinski definition) is 1. The number of amides is 1. The van der Waals surface area contributed by atoms with Crippen LogP contribution in [0.15, 0.2) is 6.33 Å². The Kier molecular flexibility index (Phi) is 3.27. The average Bonchev–Trinajstić information content (AvgIpc) is 3.09. The minimum atomic E-state index is -0.268. The van der Waals surface area contributed by atoms with Crippen LogP contribution in [0.25, 0.3) is 10.2 Å². The van der Waals surface area contributed by atoms with Gasteiger partial charge in [-0.3, -0.25) is 4.79 Å². The molecule has 4 heterocycles. The molecule has 6 nitrogen and oxygen atoms in total. The number of nitrogens with zero attached hydrogens (tertiary/aromatic N) is 3. The van der Waals surface area contributed by atoms with Gasteiger partial charge in [-0.1, -0.05) is 0 Å². The fourth-order valence-corrected chi connectivity index (χ4v) is 4.54. The van der Waals surface area contributed by atoms with Gasteiger partial charge < -0.3 is 15.4 Å². The molecule has 0 radical (unpaired) electrons. The topological polar surface area (TPSA) is 81.3 Å². The third-order valence-electron chi connectivity index (χ3n) is 4.49. The van der Waals surface area contributed by atoms with E-state index in [2.05, 4.69) is 9.97 Å². The van der Waals surface area contributed by atoms with Crippen LogP contribution in [0.3, 0.4) is 0 Å². The maximum absolute atomic E-state index is 12.6. The molecule has 0 saturated carbocycles. The lowest BCUT2D eigenvalue weighted by Crippen LogP contribution is -2.41. The number of carbonyl (C=O) groups is 1. The zero-order chi connectivity index (χ0) is 15.3. The number of fused-ring (bicyclic) bond motifs is 3. The summed E-state index contributed by atoms with van der Waals surface area (Å²) in [6.45, 7) is 3.36. The standard InChI is InChI=1S/C15H18N4O2S/c1-8-2-3-10(21-8)15(20)19-5-4-9-11(6-19)22-14-12(9)13(16)17-7-18-14/h7-8,10H,2-6H2,1H3,(H2,16,17,18). The van der Waals surface area contributed by atoms with Crippen molar-refractivity contribution in [1.82, 2.24) is 14.9 Å². The maximum atomic E-state index is 12.6. The Morgan fingerprint density at radius 3 is 3.09 bits per heavy atom. The fourth-order valence-electron chi connectivity index (χ4n) is 3.33. The molecule has 2 aromatic rings. The number of anilines is 1. The summed E-state index contributed by atoms with van der Waals surface area (Å²) in [5, 5.41) is 0.973. The van der Waals surface area contributed by atoms with Gasteiger partial charge in [0.05, 0.1) is 18.0 Å². The van der Waals surface area contributed by atoms with Crippen LogP contribution in [0, 0.1) is 0 Å². The van der Waals surface area contributed by atoms with Crippen LogP contribution in [-0.4, -0.2) is 39.5 Å². The Bertz CT molecular complexity index is 744. The fraction of sp³-hybridized carbons (Fsp3) is 0.533. The van der Waals surface area contributed by atoms with Crippen LogP contribution < -0.4 is 5.73 Å². The molecule has 0 aliphatic carbocycles. The van der Waals surface area contributed by atoms with Gasteiger partial charge in [-0.15, -0.1) is 11.3 Å². The lowest BCUT2D eigenvalue weighted by Gasteiger charge is -2.29. The first-order valence-electron chi connectivity index (χ1n) is 7.58. The first-order chi connectivity index (χ1) is 10.6. The Morgan fingerprint density at radius 1 is 1.45 bits per heavy atom. The van der Waals surface area contributed by atoms with Crippen molar-refractivity contribution in [2.24, 2.45) is 0 Å². The average molecular weight is 318 g/mol. The summed E-state index contributed by atoms with van der Waals surface area (Å²) in [5.41, 5.74) is 7.20. The number of thiophene rings is 1. The molecule has 1 fully saturated rings. The van der Waals surface area contributed by atoms with E-state index in [0.717, 1.165) is 29.5 Å². The number of ether oxygens (including phenoxy) is 1. The molecule has 116 valence electrons. The van der Waals surface area contributed by atoms with Gasteiger partial charge >= 0.3 is 0 Å². The summed E-state index contributed by atoms with van der Waals surface area (Å²) >= 11 is 1.61. The van der Waals surface area contributed by atoms with Crippen molar-refractivity contribution in [2.45, 2.75) is 44.9 Å². The van der Waals surface area contributed by atoms with Crippen molar-refractivity contribution in [3.63, 3.8) is 0 Å². The molecule has 7 heteroatoms. The second kappa shape index (κ2) is 5.17. The lowest BCUT2D eigenvalue weighted by molar-refractivity contribution is -0.143. The summed E-state index contributed by atoms with van der Waals surface area (Å²) < 4.78 is 5.71. The van der Waals surface area contributed by atoms with Crippen molar-refractivity contribution in [3.05, 3.63) is 16.8 Å². The minimum absolute atomic E-state index is 0.117. The van der Waals surface area contributed by atoms with E-state index in [1.165, 1.54) is 16.8 Å². The van der Waals surface area contributed by atoms with Crippen LogP contribution in [-0.2, 0) is 22.5 Å². The molecule has 2 aliphatic heterocycles. The Balaban J connectivity index is 1.60. The van der Waals surface area contributed by atoms with Crippen molar-refractivity contribution >= 4 is 33.3 Å². The van der Waals surface area contributed by atoms with Gasteiger partial charge in [0, 0.05) is 11.4 Å². The van der Waals surface area contributed by atoms with Crippen molar-refractivity contribution in [1.29, 1.82) is 0 Å². The summed E-state index contributed by atoms with van der Waals surface area (Å²) in [6, 6.07) is 0. The summed E-state index contributed by atoms with van der Waals surface area (Å²) in [7, 11) is 0. The largest absolute Gasteiger partial charge is 0.383 e.